The molecule has 1 saturated heterocycles. The number of benzene rings is 1. The lowest BCUT2D eigenvalue weighted by Gasteiger charge is -2.13. The van der Waals surface area contributed by atoms with E-state index in [0.29, 0.717) is 25.4 Å². The van der Waals surface area contributed by atoms with E-state index >= 15 is 0 Å². The standard InChI is InChI=1S/C21H28N4O4/c1-22-21(23-10-3-12-28-18-9-13-27-15-18)24-14-16-5-7-17(8-6-16)25-20(26)19-4-2-11-29-19/h2,4-8,11,18H,3,9-10,12-15H2,1H3,(H,25,26)(H2,22,23,24). The molecule has 8 nitrogen and oxygen atoms in total. The summed E-state index contributed by atoms with van der Waals surface area (Å²) in [7, 11) is 1.75. The van der Waals surface area contributed by atoms with Crippen molar-refractivity contribution in [2.75, 3.05) is 38.7 Å². The van der Waals surface area contributed by atoms with Crippen LogP contribution in [-0.4, -0.2) is 51.4 Å². The van der Waals surface area contributed by atoms with Gasteiger partial charge >= 0.3 is 0 Å². The maximum Gasteiger partial charge on any atom is 0.291 e. The summed E-state index contributed by atoms with van der Waals surface area (Å²) in [5, 5.41) is 9.35. The zero-order valence-electron chi connectivity index (χ0n) is 16.6. The van der Waals surface area contributed by atoms with Crippen LogP contribution in [0.25, 0.3) is 0 Å². The number of nitrogens with zero attached hydrogens (tertiary/aromatic N) is 1. The van der Waals surface area contributed by atoms with Crippen molar-refractivity contribution >= 4 is 17.6 Å². The molecule has 1 amide bonds. The second kappa shape index (κ2) is 11.2. The Morgan fingerprint density at radius 3 is 2.79 bits per heavy atom. The predicted molar refractivity (Wildman–Crippen MR) is 111 cm³/mol. The Morgan fingerprint density at radius 2 is 2.10 bits per heavy atom. The summed E-state index contributed by atoms with van der Waals surface area (Å²) < 4.78 is 16.1. The van der Waals surface area contributed by atoms with Crippen LogP contribution >= 0.6 is 0 Å². The van der Waals surface area contributed by atoms with E-state index in [1.165, 1.54) is 6.26 Å². The van der Waals surface area contributed by atoms with Crippen LogP contribution in [0.5, 0.6) is 0 Å². The smallest absolute Gasteiger partial charge is 0.291 e. The highest BCUT2D eigenvalue weighted by molar-refractivity contribution is 6.02. The molecular formula is C21H28N4O4. The van der Waals surface area contributed by atoms with Crippen molar-refractivity contribution in [2.24, 2.45) is 4.99 Å². The first kappa shape index (κ1) is 20.9. The minimum atomic E-state index is -0.269. The van der Waals surface area contributed by atoms with Crippen LogP contribution in [0.1, 0.15) is 29.0 Å². The van der Waals surface area contributed by atoms with E-state index in [0.717, 1.165) is 37.5 Å². The molecule has 29 heavy (non-hydrogen) atoms. The highest BCUT2D eigenvalue weighted by Crippen LogP contribution is 2.12. The Bertz CT molecular complexity index is 768. The van der Waals surface area contributed by atoms with Gasteiger partial charge in [-0.2, -0.15) is 0 Å². The summed E-state index contributed by atoms with van der Waals surface area (Å²) in [5.74, 6) is 0.756. The molecule has 1 aromatic heterocycles. The average molecular weight is 400 g/mol. The lowest BCUT2D eigenvalue weighted by Crippen LogP contribution is -2.37. The van der Waals surface area contributed by atoms with E-state index in [9.17, 15) is 4.79 Å². The first-order chi connectivity index (χ1) is 14.2. The van der Waals surface area contributed by atoms with Crippen LogP contribution in [0.3, 0.4) is 0 Å². The fourth-order valence-electron chi connectivity index (χ4n) is 2.89. The van der Waals surface area contributed by atoms with Crippen molar-refractivity contribution in [2.45, 2.75) is 25.5 Å². The van der Waals surface area contributed by atoms with Crippen LogP contribution in [0, 0.1) is 0 Å². The van der Waals surface area contributed by atoms with E-state index in [4.69, 9.17) is 13.9 Å². The maximum atomic E-state index is 12.0. The summed E-state index contributed by atoms with van der Waals surface area (Å²) in [6.45, 7) is 3.63. The Morgan fingerprint density at radius 1 is 1.24 bits per heavy atom. The van der Waals surface area contributed by atoms with Crippen molar-refractivity contribution in [3.63, 3.8) is 0 Å². The predicted octanol–water partition coefficient (Wildman–Crippen LogP) is 2.39. The Hall–Kier alpha value is -2.84. The fraction of sp³-hybridized carbons (Fsp3) is 0.429. The molecule has 1 aliphatic heterocycles. The van der Waals surface area contributed by atoms with Crippen LogP contribution in [0.4, 0.5) is 5.69 Å². The van der Waals surface area contributed by atoms with Crippen molar-refractivity contribution in [3.8, 4) is 0 Å². The zero-order valence-corrected chi connectivity index (χ0v) is 16.6. The second-order valence-electron chi connectivity index (χ2n) is 6.69. The second-order valence-corrected chi connectivity index (χ2v) is 6.69. The molecule has 8 heteroatoms. The van der Waals surface area contributed by atoms with Gasteiger partial charge in [0.05, 0.1) is 19.0 Å². The van der Waals surface area contributed by atoms with Crippen LogP contribution in [-0.2, 0) is 16.0 Å². The van der Waals surface area contributed by atoms with Crippen molar-refractivity contribution < 1.29 is 18.7 Å². The van der Waals surface area contributed by atoms with Gasteiger partial charge in [0.15, 0.2) is 11.7 Å². The molecule has 1 aromatic carbocycles. The minimum absolute atomic E-state index is 0.249. The molecule has 0 radical (unpaired) electrons. The zero-order chi connectivity index (χ0) is 20.3. The Kier molecular flexibility index (Phi) is 8.09. The minimum Gasteiger partial charge on any atom is -0.459 e. The van der Waals surface area contributed by atoms with Gasteiger partial charge in [-0.1, -0.05) is 12.1 Å². The quantitative estimate of drug-likeness (QED) is 0.340. The van der Waals surface area contributed by atoms with Gasteiger partial charge in [-0.3, -0.25) is 9.79 Å². The molecule has 0 saturated carbocycles. The lowest BCUT2D eigenvalue weighted by atomic mass is 10.2. The number of ether oxygens (including phenoxy) is 2. The topological polar surface area (TPSA) is 97.1 Å². The highest BCUT2D eigenvalue weighted by atomic mass is 16.5. The first-order valence-electron chi connectivity index (χ1n) is 9.82. The Labute approximate surface area is 170 Å². The third-order valence-electron chi connectivity index (χ3n) is 4.50. The average Bonchev–Trinajstić information content (AvgIpc) is 3.45. The van der Waals surface area contributed by atoms with E-state index < -0.39 is 0 Å². The summed E-state index contributed by atoms with van der Waals surface area (Å²) in [6, 6.07) is 10.9. The Balaban J connectivity index is 1.34. The molecule has 3 rings (SSSR count). The summed E-state index contributed by atoms with van der Waals surface area (Å²) >= 11 is 0. The lowest BCUT2D eigenvalue weighted by molar-refractivity contribution is 0.0420. The van der Waals surface area contributed by atoms with E-state index in [1.807, 2.05) is 24.3 Å². The molecule has 2 aromatic rings. The number of guanidine groups is 1. The maximum absolute atomic E-state index is 12.0. The summed E-state index contributed by atoms with van der Waals surface area (Å²) in [6.07, 6.45) is 3.62. The molecule has 3 N–H and O–H groups in total. The third kappa shape index (κ3) is 6.92. The normalized spacial score (nSPS) is 16.6. The molecular weight excluding hydrogens is 372 g/mol. The van der Waals surface area contributed by atoms with Crippen molar-refractivity contribution in [1.82, 2.24) is 10.6 Å². The largest absolute Gasteiger partial charge is 0.459 e. The van der Waals surface area contributed by atoms with Crippen LogP contribution in [0.15, 0.2) is 52.1 Å². The van der Waals surface area contributed by atoms with Gasteiger partial charge in [0, 0.05) is 39.0 Å². The molecule has 0 spiro atoms. The number of aliphatic imine (C=N–C) groups is 1. The van der Waals surface area contributed by atoms with Crippen LogP contribution < -0.4 is 16.0 Å². The van der Waals surface area contributed by atoms with Crippen molar-refractivity contribution in [1.29, 1.82) is 0 Å². The number of carbonyl (C=O) groups is 1. The van der Waals surface area contributed by atoms with E-state index in [2.05, 4.69) is 20.9 Å². The fourth-order valence-corrected chi connectivity index (χ4v) is 2.89. The number of nitrogens with one attached hydrogen (secondary N) is 3. The monoisotopic (exact) mass is 400 g/mol. The van der Waals surface area contributed by atoms with E-state index in [1.54, 1.807) is 19.2 Å². The van der Waals surface area contributed by atoms with Gasteiger partial charge in [0.1, 0.15) is 0 Å². The molecule has 2 heterocycles. The SMILES string of the molecule is CN=C(NCCCOC1CCOC1)NCc1ccc(NC(=O)c2ccco2)cc1. The van der Waals surface area contributed by atoms with Gasteiger partial charge in [-0.05, 0) is 42.7 Å². The summed E-state index contributed by atoms with van der Waals surface area (Å²) in [5.41, 5.74) is 1.79. The molecule has 0 aliphatic carbocycles. The number of carbonyl (C=O) groups excluding carboxylic acids is 1. The number of hydrogen-bond acceptors (Lipinski definition) is 5. The number of furan rings is 1. The molecule has 1 aliphatic rings. The molecule has 1 unspecified atom stereocenters. The van der Waals surface area contributed by atoms with Gasteiger partial charge in [-0.15, -0.1) is 0 Å². The first-order valence-corrected chi connectivity index (χ1v) is 9.82. The van der Waals surface area contributed by atoms with Gasteiger partial charge in [-0.25, -0.2) is 0 Å². The third-order valence-corrected chi connectivity index (χ3v) is 4.50. The van der Waals surface area contributed by atoms with Gasteiger partial charge in [0.2, 0.25) is 0 Å². The molecule has 156 valence electrons. The number of amides is 1. The highest BCUT2D eigenvalue weighted by Gasteiger charge is 2.15. The number of rotatable bonds is 9. The molecule has 1 fully saturated rings. The van der Waals surface area contributed by atoms with Gasteiger partial charge in [0.25, 0.3) is 5.91 Å². The van der Waals surface area contributed by atoms with Crippen LogP contribution in [0.2, 0.25) is 0 Å². The molecule has 0 bridgehead atoms. The molecule has 1 atom stereocenters. The summed E-state index contributed by atoms with van der Waals surface area (Å²) in [4.78, 5) is 16.2. The van der Waals surface area contributed by atoms with Gasteiger partial charge < -0.3 is 29.8 Å². The van der Waals surface area contributed by atoms with E-state index in [-0.39, 0.29) is 17.8 Å². The number of hydrogen-bond donors (Lipinski definition) is 3. The van der Waals surface area contributed by atoms with Crippen molar-refractivity contribution in [3.05, 3.63) is 54.0 Å². The number of anilines is 1.